The van der Waals surface area contributed by atoms with Gasteiger partial charge in [0.25, 0.3) is 0 Å². The van der Waals surface area contributed by atoms with Gasteiger partial charge in [0.1, 0.15) is 12.1 Å². The first kappa shape index (κ1) is 33.3. The Bertz CT molecular complexity index is 861. The van der Waals surface area contributed by atoms with E-state index in [2.05, 4.69) is 0 Å². The maximum atomic E-state index is 12.7. The Kier molecular flexibility index (Phi) is 12.2. The highest BCUT2D eigenvalue weighted by Gasteiger charge is 2.40. The molecule has 0 radical (unpaired) electrons. The molecule has 4 amide bonds. The minimum Gasteiger partial charge on any atom is -0.443 e. The van der Waals surface area contributed by atoms with Crippen LogP contribution in [-0.4, -0.2) is 119 Å². The minimum absolute atomic E-state index is 0.110. The fourth-order valence-electron chi connectivity index (χ4n) is 4.58. The number of hydrogen-bond donors (Lipinski definition) is 2. The normalized spacial score (nSPS) is 20.6. The number of nitrogens with two attached hydrogens (primary N) is 2. The first-order valence-corrected chi connectivity index (χ1v) is 13.6. The molecular weight excluding hydrogens is 524 g/mol. The van der Waals surface area contributed by atoms with E-state index >= 15 is 0 Å². The Labute approximate surface area is 235 Å². The third kappa shape index (κ3) is 9.04. The van der Waals surface area contributed by atoms with E-state index in [1.165, 1.54) is 0 Å². The van der Waals surface area contributed by atoms with E-state index in [0.717, 1.165) is 9.80 Å². The molecule has 40 heavy (non-hydrogen) atoms. The standard InChI is InChI=1S/C26H44N6O8/c1-15(2)7-19(27)25(37)39-13-31-21(33)9-29(10-22(31)34)17(5)18(6)30-11-23(35)32(24(36)12-30)14-40-26(38)20(28)8-16(3)4/h15-20H,7-14,27-28H2,1-6H3. The van der Waals surface area contributed by atoms with E-state index in [1.54, 1.807) is 23.6 Å². The average molecular weight is 569 g/mol. The van der Waals surface area contributed by atoms with Crippen molar-refractivity contribution in [3.05, 3.63) is 0 Å². The van der Waals surface area contributed by atoms with E-state index in [9.17, 15) is 28.8 Å². The first-order valence-electron chi connectivity index (χ1n) is 13.6. The van der Waals surface area contributed by atoms with Crippen molar-refractivity contribution in [1.82, 2.24) is 19.6 Å². The average Bonchev–Trinajstić information content (AvgIpc) is 2.85. The van der Waals surface area contributed by atoms with Gasteiger partial charge in [0.15, 0.2) is 13.5 Å². The van der Waals surface area contributed by atoms with Crippen molar-refractivity contribution >= 4 is 35.6 Å². The summed E-state index contributed by atoms with van der Waals surface area (Å²) in [5, 5.41) is 0. The maximum absolute atomic E-state index is 12.7. The molecule has 4 N–H and O–H groups in total. The van der Waals surface area contributed by atoms with E-state index in [4.69, 9.17) is 20.9 Å². The molecule has 0 aromatic rings. The molecule has 2 fully saturated rings. The maximum Gasteiger partial charge on any atom is 0.324 e. The van der Waals surface area contributed by atoms with Crippen LogP contribution in [0.25, 0.3) is 0 Å². The molecule has 0 aliphatic carbocycles. The van der Waals surface area contributed by atoms with Gasteiger partial charge in [-0.3, -0.25) is 38.6 Å². The predicted molar refractivity (Wildman–Crippen MR) is 143 cm³/mol. The number of nitrogens with zero attached hydrogens (tertiary/aromatic N) is 4. The molecule has 4 unspecified atom stereocenters. The number of piperazine rings is 2. The van der Waals surface area contributed by atoms with Crippen molar-refractivity contribution < 1.29 is 38.2 Å². The van der Waals surface area contributed by atoms with Crippen molar-refractivity contribution in [3.8, 4) is 0 Å². The lowest BCUT2D eigenvalue weighted by Crippen LogP contribution is -2.63. The fourth-order valence-corrected chi connectivity index (χ4v) is 4.58. The van der Waals surface area contributed by atoms with Gasteiger partial charge in [0.05, 0.1) is 26.2 Å². The zero-order chi connectivity index (χ0) is 30.3. The second-order valence-electron chi connectivity index (χ2n) is 11.4. The summed E-state index contributed by atoms with van der Waals surface area (Å²) in [5.41, 5.74) is 11.6. The van der Waals surface area contributed by atoms with Gasteiger partial charge < -0.3 is 20.9 Å². The van der Waals surface area contributed by atoms with Gasteiger partial charge in [-0.15, -0.1) is 0 Å². The number of hydrogen-bond acceptors (Lipinski definition) is 12. The monoisotopic (exact) mass is 568 g/mol. The number of ether oxygens (including phenoxy) is 2. The third-order valence-corrected chi connectivity index (χ3v) is 7.14. The topological polar surface area (TPSA) is 186 Å². The second-order valence-corrected chi connectivity index (χ2v) is 11.4. The Balaban J connectivity index is 1.89. The van der Waals surface area contributed by atoms with Crippen LogP contribution in [0.3, 0.4) is 0 Å². The fraction of sp³-hybridized carbons (Fsp3) is 0.769. The number of esters is 2. The highest BCUT2D eigenvalue weighted by molar-refractivity contribution is 6.00. The molecule has 14 nitrogen and oxygen atoms in total. The van der Waals surface area contributed by atoms with Crippen LogP contribution in [0.1, 0.15) is 54.4 Å². The summed E-state index contributed by atoms with van der Waals surface area (Å²) in [7, 11) is 0. The van der Waals surface area contributed by atoms with Gasteiger partial charge in [-0.2, -0.15) is 0 Å². The molecule has 2 heterocycles. The quantitative estimate of drug-likeness (QED) is 0.201. The molecular formula is C26H44N6O8. The molecule has 14 heteroatoms. The summed E-state index contributed by atoms with van der Waals surface area (Å²) in [6.07, 6.45) is 0.835. The van der Waals surface area contributed by atoms with Crippen LogP contribution in [0.15, 0.2) is 0 Å². The molecule has 0 aromatic carbocycles. The molecule has 226 valence electrons. The number of rotatable bonds is 13. The van der Waals surface area contributed by atoms with Crippen molar-refractivity contribution in [2.24, 2.45) is 23.3 Å². The smallest absolute Gasteiger partial charge is 0.324 e. The van der Waals surface area contributed by atoms with Gasteiger partial charge in [-0.05, 0) is 38.5 Å². The van der Waals surface area contributed by atoms with Gasteiger partial charge in [-0.1, -0.05) is 27.7 Å². The van der Waals surface area contributed by atoms with E-state index < -0.39 is 61.1 Å². The Morgan fingerprint density at radius 2 is 0.900 bits per heavy atom. The molecule has 0 aromatic heterocycles. The summed E-state index contributed by atoms with van der Waals surface area (Å²) in [6, 6.07) is -2.44. The number of carbonyl (C=O) groups excluding carboxylic acids is 6. The lowest BCUT2D eigenvalue weighted by atomic mass is 10.1. The lowest BCUT2D eigenvalue weighted by Gasteiger charge is -2.43. The van der Waals surface area contributed by atoms with Crippen LogP contribution in [0.5, 0.6) is 0 Å². The first-order chi connectivity index (χ1) is 18.6. The van der Waals surface area contributed by atoms with Gasteiger partial charge in [0, 0.05) is 12.1 Å². The summed E-state index contributed by atoms with van der Waals surface area (Å²) in [4.78, 5) is 80.1. The van der Waals surface area contributed by atoms with Gasteiger partial charge >= 0.3 is 11.9 Å². The van der Waals surface area contributed by atoms with Crippen LogP contribution in [0.2, 0.25) is 0 Å². The van der Waals surface area contributed by atoms with Crippen LogP contribution < -0.4 is 11.5 Å². The number of carbonyl (C=O) groups is 6. The SMILES string of the molecule is CC(C)CC(N)C(=O)OCN1C(=O)CN(C(C)C(C)N2CC(=O)N(COC(=O)C(N)CC(C)C)C(=O)C2)CC1=O. The largest absolute Gasteiger partial charge is 0.443 e. The molecule has 4 atom stereocenters. The molecule has 0 saturated carbocycles. The Morgan fingerprint density at radius 1 is 0.625 bits per heavy atom. The zero-order valence-electron chi connectivity index (χ0n) is 24.3. The Hall–Kier alpha value is -2.94. The third-order valence-electron chi connectivity index (χ3n) is 7.14. The van der Waals surface area contributed by atoms with Crippen LogP contribution in [0.4, 0.5) is 0 Å². The number of amides is 4. The van der Waals surface area contributed by atoms with Crippen molar-refractivity contribution in [2.75, 3.05) is 39.6 Å². The van der Waals surface area contributed by atoms with Crippen molar-refractivity contribution in [3.63, 3.8) is 0 Å². The van der Waals surface area contributed by atoms with Crippen LogP contribution in [0, 0.1) is 11.8 Å². The Morgan fingerprint density at radius 3 is 1.15 bits per heavy atom. The summed E-state index contributed by atoms with van der Waals surface area (Å²) >= 11 is 0. The summed E-state index contributed by atoms with van der Waals surface area (Å²) in [6.45, 7) is 9.80. The lowest BCUT2D eigenvalue weighted by molar-refractivity contribution is -0.169. The highest BCUT2D eigenvalue weighted by Crippen LogP contribution is 2.18. The molecule has 0 bridgehead atoms. The molecule has 0 spiro atoms. The van der Waals surface area contributed by atoms with E-state index in [0.29, 0.717) is 12.8 Å². The van der Waals surface area contributed by atoms with Crippen molar-refractivity contribution in [1.29, 1.82) is 0 Å². The molecule has 2 saturated heterocycles. The molecule has 2 aliphatic heterocycles. The number of imide groups is 2. The van der Waals surface area contributed by atoms with Crippen LogP contribution >= 0.6 is 0 Å². The van der Waals surface area contributed by atoms with Crippen molar-refractivity contribution in [2.45, 2.75) is 78.6 Å². The van der Waals surface area contributed by atoms with E-state index in [1.807, 2.05) is 27.7 Å². The van der Waals surface area contributed by atoms with E-state index in [-0.39, 0.29) is 50.1 Å². The highest BCUT2D eigenvalue weighted by atomic mass is 16.6. The molecule has 2 aliphatic rings. The van der Waals surface area contributed by atoms with Gasteiger partial charge in [0.2, 0.25) is 23.6 Å². The van der Waals surface area contributed by atoms with Gasteiger partial charge in [-0.25, -0.2) is 9.80 Å². The molecule has 2 rings (SSSR count). The van der Waals surface area contributed by atoms with Crippen LogP contribution in [-0.2, 0) is 38.2 Å². The summed E-state index contributed by atoms with van der Waals surface area (Å²) < 4.78 is 10.2. The summed E-state index contributed by atoms with van der Waals surface area (Å²) in [5.74, 6) is -3.12. The predicted octanol–water partition coefficient (Wildman–Crippen LogP) is -1.15. The second kappa shape index (κ2) is 14.6. The zero-order valence-corrected chi connectivity index (χ0v) is 24.3. The minimum atomic E-state index is -0.840.